The van der Waals surface area contributed by atoms with E-state index in [1.807, 2.05) is 6.07 Å². The van der Waals surface area contributed by atoms with Crippen LogP contribution < -0.4 is 0 Å². The highest BCUT2D eigenvalue weighted by molar-refractivity contribution is 5.41. The maximum atomic E-state index is 10.0. The highest BCUT2D eigenvalue weighted by Gasteiger charge is 2.13. The van der Waals surface area contributed by atoms with E-state index in [1.54, 1.807) is 0 Å². The van der Waals surface area contributed by atoms with Crippen molar-refractivity contribution in [3.63, 3.8) is 0 Å². The number of benzene rings is 1. The van der Waals surface area contributed by atoms with Gasteiger partial charge in [-0.05, 0) is 56.5 Å². The third-order valence-electron chi connectivity index (χ3n) is 3.76. The van der Waals surface area contributed by atoms with Crippen LogP contribution in [0.3, 0.4) is 0 Å². The van der Waals surface area contributed by atoms with Gasteiger partial charge in [0.05, 0.1) is 0 Å². The number of aryl methyl sites for hydroxylation is 2. The van der Waals surface area contributed by atoms with Gasteiger partial charge in [0.15, 0.2) is 0 Å². The third kappa shape index (κ3) is 3.01. The van der Waals surface area contributed by atoms with Gasteiger partial charge in [0, 0.05) is 12.1 Å². The molecule has 17 heavy (non-hydrogen) atoms. The van der Waals surface area contributed by atoms with E-state index in [2.05, 4.69) is 24.8 Å². The van der Waals surface area contributed by atoms with Gasteiger partial charge < -0.3 is 5.11 Å². The standard InChI is InChI=1S/C15H23NO/c1-3-13-10-14(15(17)9-12(13)2)11-16-7-5-4-6-8-16/h9-10,17H,3-8,11H2,1-2H3. The van der Waals surface area contributed by atoms with Crippen molar-refractivity contribution in [1.29, 1.82) is 0 Å². The van der Waals surface area contributed by atoms with Gasteiger partial charge in [0.1, 0.15) is 5.75 Å². The molecule has 2 heteroatoms. The van der Waals surface area contributed by atoms with Crippen LogP contribution in [0.1, 0.15) is 42.9 Å². The van der Waals surface area contributed by atoms with Crippen LogP contribution in [-0.4, -0.2) is 23.1 Å². The lowest BCUT2D eigenvalue weighted by molar-refractivity contribution is 0.218. The van der Waals surface area contributed by atoms with E-state index in [4.69, 9.17) is 0 Å². The molecule has 1 N–H and O–H groups in total. The molecule has 0 saturated carbocycles. The number of likely N-dealkylation sites (tertiary alicyclic amines) is 1. The Balaban J connectivity index is 2.13. The molecule has 1 aromatic carbocycles. The first-order valence-corrected chi connectivity index (χ1v) is 6.74. The first-order chi connectivity index (χ1) is 8.20. The molecule has 2 rings (SSSR count). The number of hydrogen-bond acceptors (Lipinski definition) is 2. The van der Waals surface area contributed by atoms with Crippen LogP contribution in [0, 0.1) is 6.92 Å². The molecule has 1 aliphatic rings. The van der Waals surface area contributed by atoms with E-state index in [0.29, 0.717) is 5.75 Å². The Hall–Kier alpha value is -1.02. The fourth-order valence-electron chi connectivity index (χ4n) is 2.65. The second-order valence-corrected chi connectivity index (χ2v) is 5.10. The van der Waals surface area contributed by atoms with Gasteiger partial charge in [-0.25, -0.2) is 0 Å². The molecule has 0 atom stereocenters. The molecule has 1 saturated heterocycles. The Morgan fingerprint density at radius 3 is 2.47 bits per heavy atom. The van der Waals surface area contributed by atoms with Gasteiger partial charge >= 0.3 is 0 Å². The minimum absolute atomic E-state index is 0.463. The van der Waals surface area contributed by atoms with Crippen molar-refractivity contribution in [2.24, 2.45) is 0 Å². The van der Waals surface area contributed by atoms with E-state index in [-0.39, 0.29) is 0 Å². The number of aromatic hydroxyl groups is 1. The summed E-state index contributed by atoms with van der Waals surface area (Å²) in [4.78, 5) is 2.45. The summed E-state index contributed by atoms with van der Waals surface area (Å²) in [6, 6.07) is 4.09. The maximum absolute atomic E-state index is 10.0. The van der Waals surface area contributed by atoms with Crippen LogP contribution in [0.15, 0.2) is 12.1 Å². The van der Waals surface area contributed by atoms with Crippen LogP contribution in [0.2, 0.25) is 0 Å². The molecule has 1 heterocycles. The Kier molecular flexibility index (Phi) is 4.06. The second kappa shape index (κ2) is 5.54. The molecule has 2 nitrogen and oxygen atoms in total. The Morgan fingerprint density at radius 2 is 1.82 bits per heavy atom. The minimum Gasteiger partial charge on any atom is -0.508 e. The molecule has 1 fully saturated rings. The molecule has 0 radical (unpaired) electrons. The maximum Gasteiger partial charge on any atom is 0.120 e. The van der Waals surface area contributed by atoms with Crippen LogP contribution in [-0.2, 0) is 13.0 Å². The lowest BCUT2D eigenvalue weighted by Crippen LogP contribution is -2.29. The van der Waals surface area contributed by atoms with Crippen molar-refractivity contribution in [2.75, 3.05) is 13.1 Å². The fourth-order valence-corrected chi connectivity index (χ4v) is 2.65. The first-order valence-electron chi connectivity index (χ1n) is 6.74. The summed E-state index contributed by atoms with van der Waals surface area (Å²) < 4.78 is 0. The molecular weight excluding hydrogens is 210 g/mol. The summed E-state index contributed by atoms with van der Waals surface area (Å²) in [6.45, 7) is 7.50. The smallest absolute Gasteiger partial charge is 0.120 e. The van der Waals surface area contributed by atoms with Gasteiger partial charge in [-0.1, -0.05) is 19.4 Å². The largest absolute Gasteiger partial charge is 0.508 e. The van der Waals surface area contributed by atoms with Crippen molar-refractivity contribution in [3.8, 4) is 5.75 Å². The average molecular weight is 233 g/mol. The van der Waals surface area contributed by atoms with E-state index in [1.165, 1.54) is 43.5 Å². The molecule has 1 aromatic rings. The molecule has 0 unspecified atom stereocenters. The number of nitrogens with zero attached hydrogens (tertiary/aromatic N) is 1. The van der Waals surface area contributed by atoms with Gasteiger partial charge in [0.2, 0.25) is 0 Å². The summed E-state index contributed by atoms with van der Waals surface area (Å²) >= 11 is 0. The van der Waals surface area contributed by atoms with Crippen LogP contribution in [0.25, 0.3) is 0 Å². The topological polar surface area (TPSA) is 23.5 Å². The summed E-state index contributed by atoms with van der Waals surface area (Å²) in [7, 11) is 0. The van der Waals surface area contributed by atoms with E-state index >= 15 is 0 Å². The van der Waals surface area contributed by atoms with Crippen molar-refractivity contribution >= 4 is 0 Å². The number of hydrogen-bond donors (Lipinski definition) is 1. The minimum atomic E-state index is 0.463. The van der Waals surface area contributed by atoms with Crippen molar-refractivity contribution in [3.05, 3.63) is 28.8 Å². The highest BCUT2D eigenvalue weighted by atomic mass is 16.3. The van der Waals surface area contributed by atoms with Crippen molar-refractivity contribution in [2.45, 2.75) is 46.1 Å². The molecule has 0 aliphatic carbocycles. The average Bonchev–Trinajstić information content (AvgIpc) is 2.34. The third-order valence-corrected chi connectivity index (χ3v) is 3.76. The van der Waals surface area contributed by atoms with Crippen LogP contribution in [0.5, 0.6) is 5.75 Å². The number of piperidine rings is 1. The zero-order valence-electron chi connectivity index (χ0n) is 11.0. The van der Waals surface area contributed by atoms with Gasteiger partial charge in [-0.3, -0.25) is 4.90 Å². The highest BCUT2D eigenvalue weighted by Crippen LogP contribution is 2.25. The molecule has 94 valence electrons. The zero-order chi connectivity index (χ0) is 12.3. The quantitative estimate of drug-likeness (QED) is 0.866. The summed E-state index contributed by atoms with van der Waals surface area (Å²) in [5.74, 6) is 0.463. The van der Waals surface area contributed by atoms with Crippen LogP contribution >= 0.6 is 0 Å². The lowest BCUT2D eigenvalue weighted by atomic mass is 10.0. The number of phenolic OH excluding ortho intramolecular Hbond substituents is 1. The fraction of sp³-hybridized carbons (Fsp3) is 0.600. The SMILES string of the molecule is CCc1cc(CN2CCCCC2)c(O)cc1C. The van der Waals surface area contributed by atoms with Gasteiger partial charge in [-0.2, -0.15) is 0 Å². The number of rotatable bonds is 3. The van der Waals surface area contributed by atoms with Gasteiger partial charge in [0.25, 0.3) is 0 Å². The summed E-state index contributed by atoms with van der Waals surface area (Å²) in [5, 5.41) is 10.0. The summed E-state index contributed by atoms with van der Waals surface area (Å²) in [6.07, 6.45) is 5.00. The molecule has 0 bridgehead atoms. The monoisotopic (exact) mass is 233 g/mol. The first kappa shape index (κ1) is 12.4. The Bertz CT molecular complexity index is 381. The second-order valence-electron chi connectivity index (χ2n) is 5.10. The Morgan fingerprint density at radius 1 is 1.12 bits per heavy atom. The van der Waals surface area contributed by atoms with E-state index in [0.717, 1.165) is 18.5 Å². The van der Waals surface area contributed by atoms with Crippen molar-refractivity contribution < 1.29 is 5.11 Å². The van der Waals surface area contributed by atoms with E-state index in [9.17, 15) is 5.11 Å². The molecule has 0 amide bonds. The predicted molar refractivity (Wildman–Crippen MR) is 71.3 cm³/mol. The van der Waals surface area contributed by atoms with Crippen LogP contribution in [0.4, 0.5) is 0 Å². The zero-order valence-corrected chi connectivity index (χ0v) is 11.0. The van der Waals surface area contributed by atoms with Gasteiger partial charge in [-0.15, -0.1) is 0 Å². The molecule has 0 aromatic heterocycles. The molecule has 1 aliphatic heterocycles. The lowest BCUT2D eigenvalue weighted by Gasteiger charge is -2.27. The van der Waals surface area contributed by atoms with E-state index < -0.39 is 0 Å². The molecule has 0 spiro atoms. The Labute approximate surface area is 104 Å². The number of phenols is 1. The summed E-state index contributed by atoms with van der Waals surface area (Å²) in [5.41, 5.74) is 3.65. The normalized spacial score (nSPS) is 17.3. The predicted octanol–water partition coefficient (Wildman–Crippen LogP) is 3.25. The molecular formula is C15H23NO. The van der Waals surface area contributed by atoms with Crippen molar-refractivity contribution in [1.82, 2.24) is 4.90 Å².